The van der Waals surface area contributed by atoms with Gasteiger partial charge in [-0.05, 0) is 78.2 Å². The number of aromatic nitrogens is 1. The first-order valence-corrected chi connectivity index (χ1v) is 17.2. The molecule has 1 saturated heterocycles. The molecule has 1 fully saturated rings. The maximum atomic E-state index is 12.8. The van der Waals surface area contributed by atoms with Crippen LogP contribution >= 0.6 is 0 Å². The summed E-state index contributed by atoms with van der Waals surface area (Å²) in [4.78, 5) is 10.5. The van der Waals surface area contributed by atoms with Crippen LogP contribution in [0, 0.1) is 0 Å². The summed E-state index contributed by atoms with van der Waals surface area (Å²) < 4.78 is 82.9. The zero-order valence-corrected chi connectivity index (χ0v) is 27.1. The van der Waals surface area contributed by atoms with Gasteiger partial charge in [-0.25, -0.2) is 13.4 Å². The van der Waals surface area contributed by atoms with Crippen molar-refractivity contribution in [1.82, 2.24) is 14.8 Å². The predicted molar refractivity (Wildman–Crippen MR) is 174 cm³/mol. The number of hydrogen-bond donors (Lipinski definition) is 2. The van der Waals surface area contributed by atoms with Crippen molar-refractivity contribution in [3.63, 3.8) is 0 Å². The van der Waals surface area contributed by atoms with E-state index in [1.165, 1.54) is 23.9 Å². The van der Waals surface area contributed by atoms with Crippen molar-refractivity contribution in [2.45, 2.75) is 30.3 Å². The Balaban J connectivity index is 0.896. The summed E-state index contributed by atoms with van der Waals surface area (Å²) in [6.07, 6.45) is -3.11. The summed E-state index contributed by atoms with van der Waals surface area (Å²) in [6, 6.07) is 17.9. The molecule has 1 unspecified atom stereocenters. The van der Waals surface area contributed by atoms with Crippen LogP contribution in [0.15, 0.2) is 83.9 Å². The van der Waals surface area contributed by atoms with E-state index in [4.69, 9.17) is 14.2 Å². The lowest BCUT2D eigenvalue weighted by molar-refractivity contribution is -0.137. The molecule has 1 atom stereocenters. The van der Waals surface area contributed by atoms with Crippen LogP contribution in [0.3, 0.4) is 0 Å². The fourth-order valence-electron chi connectivity index (χ4n) is 6.19. The van der Waals surface area contributed by atoms with Crippen molar-refractivity contribution in [3.05, 3.63) is 95.7 Å². The minimum Gasteiger partial charge on any atom is -0.454 e. The van der Waals surface area contributed by atoms with E-state index in [1.54, 1.807) is 0 Å². The molecule has 3 aromatic carbocycles. The highest BCUT2D eigenvalue weighted by Gasteiger charge is 2.31. The Morgan fingerprint density at radius 1 is 0.918 bits per heavy atom. The van der Waals surface area contributed by atoms with Crippen molar-refractivity contribution in [1.29, 1.82) is 0 Å². The average Bonchev–Trinajstić information content (AvgIpc) is 3.72. The van der Waals surface area contributed by atoms with Crippen LogP contribution in [0.1, 0.15) is 16.7 Å². The molecule has 3 aliphatic heterocycles. The molecule has 11 nitrogen and oxygen atoms in total. The second-order valence-corrected chi connectivity index (χ2v) is 13.8. The molecular formula is C34H34F3N5O6S. The Bertz CT molecular complexity index is 1900. The minimum atomic E-state index is -4.56. The number of pyridine rings is 1. The van der Waals surface area contributed by atoms with Crippen molar-refractivity contribution in [3.8, 4) is 23.1 Å². The fourth-order valence-corrected chi connectivity index (χ4v) is 7.23. The van der Waals surface area contributed by atoms with Gasteiger partial charge in [0.1, 0.15) is 12.0 Å². The summed E-state index contributed by atoms with van der Waals surface area (Å²) >= 11 is 0. The molecule has 0 radical (unpaired) electrons. The molecular weight excluding hydrogens is 663 g/mol. The summed E-state index contributed by atoms with van der Waals surface area (Å²) in [5.41, 5.74) is 2.48. The zero-order chi connectivity index (χ0) is 34.2. The van der Waals surface area contributed by atoms with E-state index in [2.05, 4.69) is 30.5 Å². The number of β-amino-alcohol motifs (C(OH)–C–C–N with tert-alkyl or cyclic N) is 1. The van der Waals surface area contributed by atoms with Crippen LogP contribution in [0.5, 0.6) is 23.1 Å². The van der Waals surface area contributed by atoms with Gasteiger partial charge in [0.05, 0.1) is 28.9 Å². The number of ether oxygens (including phenoxy) is 3. The quantitative estimate of drug-likeness (QED) is 0.237. The van der Waals surface area contributed by atoms with Gasteiger partial charge in [0.2, 0.25) is 12.7 Å². The fraction of sp³-hybridized carbons (Fsp3) is 0.324. The SMILES string of the molecule is O=S(=O)(Nc1ccc(Oc2ccc3c(c2)CCN3CC(O)N2CCN(Cc3ccc4c(c3)OCO4)CC2)nc1)c1ccc(C(F)(F)F)cc1. The Hall–Kier alpha value is -4.57. The van der Waals surface area contributed by atoms with Crippen LogP contribution < -0.4 is 23.8 Å². The molecule has 3 aliphatic rings. The topological polar surface area (TPSA) is 117 Å². The molecule has 4 aromatic rings. The third-order valence-electron chi connectivity index (χ3n) is 8.80. The highest BCUT2D eigenvalue weighted by Crippen LogP contribution is 2.35. The lowest BCUT2D eigenvalue weighted by atomic mass is 10.1. The molecule has 1 aromatic heterocycles. The lowest BCUT2D eigenvalue weighted by Crippen LogP contribution is -2.53. The highest BCUT2D eigenvalue weighted by atomic mass is 32.2. The molecule has 49 heavy (non-hydrogen) atoms. The van der Waals surface area contributed by atoms with E-state index in [0.717, 1.165) is 80.6 Å². The zero-order valence-electron chi connectivity index (χ0n) is 26.3. The van der Waals surface area contributed by atoms with Crippen LogP contribution in [0.25, 0.3) is 0 Å². The van der Waals surface area contributed by atoms with E-state index in [-0.39, 0.29) is 23.3 Å². The molecule has 7 rings (SSSR count). The Labute approximate surface area is 281 Å². The molecule has 0 amide bonds. The van der Waals surface area contributed by atoms with Crippen LogP contribution in [0.2, 0.25) is 0 Å². The number of nitrogens with one attached hydrogen (secondary N) is 1. The van der Waals surface area contributed by atoms with Gasteiger partial charge >= 0.3 is 6.18 Å². The molecule has 2 N–H and O–H groups in total. The van der Waals surface area contributed by atoms with Crippen LogP contribution in [-0.4, -0.2) is 80.6 Å². The number of sulfonamides is 1. The summed E-state index contributed by atoms with van der Waals surface area (Å²) in [5, 5.41) is 11.1. The monoisotopic (exact) mass is 697 g/mol. The third-order valence-corrected chi connectivity index (χ3v) is 10.2. The minimum absolute atomic E-state index is 0.126. The van der Waals surface area contributed by atoms with Crippen molar-refractivity contribution in [2.24, 2.45) is 0 Å². The number of halogens is 3. The number of aliphatic hydroxyl groups excluding tert-OH is 1. The summed E-state index contributed by atoms with van der Waals surface area (Å²) in [6.45, 7) is 5.56. The highest BCUT2D eigenvalue weighted by molar-refractivity contribution is 7.92. The van der Waals surface area contributed by atoms with Gasteiger partial charge in [-0.15, -0.1) is 0 Å². The summed E-state index contributed by atoms with van der Waals surface area (Å²) in [7, 11) is -4.12. The van der Waals surface area contributed by atoms with Gasteiger partial charge in [-0.2, -0.15) is 13.2 Å². The largest absolute Gasteiger partial charge is 0.454 e. The first kappa shape index (κ1) is 33.0. The van der Waals surface area contributed by atoms with Gasteiger partial charge < -0.3 is 24.2 Å². The van der Waals surface area contributed by atoms with Crippen molar-refractivity contribution >= 4 is 21.4 Å². The van der Waals surface area contributed by atoms with E-state index < -0.39 is 28.0 Å². The van der Waals surface area contributed by atoms with E-state index >= 15 is 0 Å². The molecule has 0 saturated carbocycles. The average molecular weight is 698 g/mol. The standard InChI is InChI=1S/C34H34F3N5O6S/c35-34(36,37)25-2-6-28(7-3-25)49(44,45)39-26-4-10-32(38-19-26)48-27-5-8-29-24(18-27)11-12-42(29)21-33(43)41-15-13-40(14-16-41)20-23-1-9-30-31(17-23)47-22-46-30/h1-10,17-19,33,39,43H,11-16,20-22H2. The third kappa shape index (κ3) is 7.54. The molecule has 4 heterocycles. The Kier molecular flexibility index (Phi) is 9.00. The first-order chi connectivity index (χ1) is 23.5. The maximum Gasteiger partial charge on any atom is 0.416 e. The van der Waals surface area contributed by atoms with Gasteiger partial charge in [-0.1, -0.05) is 6.07 Å². The number of anilines is 2. The number of alkyl halides is 3. The van der Waals surface area contributed by atoms with Gasteiger partial charge in [0, 0.05) is 51.0 Å². The number of rotatable bonds is 10. The number of nitrogens with zero attached hydrogens (tertiary/aromatic N) is 4. The smallest absolute Gasteiger partial charge is 0.416 e. The molecule has 0 aliphatic carbocycles. The maximum absolute atomic E-state index is 12.8. The molecule has 15 heteroatoms. The first-order valence-electron chi connectivity index (χ1n) is 15.7. The molecule has 258 valence electrons. The molecule has 0 bridgehead atoms. The predicted octanol–water partition coefficient (Wildman–Crippen LogP) is 4.92. The number of benzene rings is 3. The molecule has 0 spiro atoms. The lowest BCUT2D eigenvalue weighted by Gasteiger charge is -2.38. The number of piperazine rings is 1. The normalized spacial score (nSPS) is 17.2. The van der Waals surface area contributed by atoms with E-state index in [9.17, 15) is 26.7 Å². The number of fused-ring (bicyclic) bond motifs is 2. The van der Waals surface area contributed by atoms with Gasteiger partial charge in [0.15, 0.2) is 11.5 Å². The second-order valence-electron chi connectivity index (χ2n) is 12.1. The van der Waals surface area contributed by atoms with Crippen molar-refractivity contribution in [2.75, 3.05) is 55.7 Å². The summed E-state index contributed by atoms with van der Waals surface area (Å²) in [5.74, 6) is 2.36. The van der Waals surface area contributed by atoms with E-state index in [1.807, 2.05) is 30.3 Å². The van der Waals surface area contributed by atoms with Crippen LogP contribution in [0.4, 0.5) is 24.5 Å². The van der Waals surface area contributed by atoms with Crippen LogP contribution in [-0.2, 0) is 29.2 Å². The number of aliphatic hydroxyl groups is 1. The Morgan fingerprint density at radius 2 is 1.69 bits per heavy atom. The van der Waals surface area contributed by atoms with Gasteiger partial charge in [0.25, 0.3) is 10.0 Å². The van der Waals surface area contributed by atoms with E-state index in [0.29, 0.717) is 24.4 Å². The Morgan fingerprint density at radius 3 is 2.43 bits per heavy atom. The second kappa shape index (κ2) is 13.4. The van der Waals surface area contributed by atoms with Crippen molar-refractivity contribution < 1.29 is 40.9 Å². The number of hydrogen-bond acceptors (Lipinski definition) is 10. The van der Waals surface area contributed by atoms with Gasteiger partial charge in [-0.3, -0.25) is 14.5 Å².